The van der Waals surface area contributed by atoms with Crippen molar-refractivity contribution < 1.29 is 14.7 Å². The molecule has 1 N–H and O–H groups in total. The fourth-order valence-corrected chi connectivity index (χ4v) is 2.90. The van der Waals surface area contributed by atoms with Gasteiger partial charge in [0.05, 0.1) is 11.0 Å². The lowest BCUT2D eigenvalue weighted by molar-refractivity contribution is -0.147. The number of hydrogen-bond donors (Lipinski definition) is 1. The van der Waals surface area contributed by atoms with Crippen molar-refractivity contribution in [3.05, 3.63) is 23.9 Å². The van der Waals surface area contributed by atoms with Gasteiger partial charge in [-0.2, -0.15) is 0 Å². The maximum absolute atomic E-state index is 12.5. The van der Waals surface area contributed by atoms with Crippen molar-refractivity contribution in [1.82, 2.24) is 9.88 Å². The molecule has 0 saturated carbocycles. The van der Waals surface area contributed by atoms with Crippen LogP contribution in [0.4, 0.5) is 5.82 Å². The van der Waals surface area contributed by atoms with Crippen molar-refractivity contribution in [1.29, 1.82) is 0 Å². The predicted octanol–water partition coefficient (Wildman–Crippen LogP) is 2.25. The van der Waals surface area contributed by atoms with E-state index in [9.17, 15) is 14.7 Å². The van der Waals surface area contributed by atoms with Crippen molar-refractivity contribution in [2.75, 3.05) is 31.1 Å². The molecule has 1 aromatic heterocycles. The van der Waals surface area contributed by atoms with E-state index in [1.54, 1.807) is 24.1 Å². The number of aliphatic carboxylic acids is 1. The third-order valence-corrected chi connectivity index (χ3v) is 4.47. The minimum atomic E-state index is -0.848. The Balaban J connectivity index is 2.08. The number of carbonyl (C=O) groups excluding carboxylic acids is 1. The first-order chi connectivity index (χ1) is 10.9. The Kier molecular flexibility index (Phi) is 5.23. The van der Waals surface area contributed by atoms with Crippen LogP contribution < -0.4 is 4.90 Å². The largest absolute Gasteiger partial charge is 0.481 e. The summed E-state index contributed by atoms with van der Waals surface area (Å²) < 4.78 is 0. The first-order valence-corrected chi connectivity index (χ1v) is 8.15. The van der Waals surface area contributed by atoms with E-state index in [4.69, 9.17) is 0 Å². The van der Waals surface area contributed by atoms with Crippen molar-refractivity contribution >= 4 is 17.7 Å². The summed E-state index contributed by atoms with van der Waals surface area (Å²) in [6.07, 6.45) is 3.11. The number of likely N-dealkylation sites (tertiary alicyclic amines) is 1. The summed E-state index contributed by atoms with van der Waals surface area (Å²) in [6.45, 7) is 8.41. The van der Waals surface area contributed by atoms with Crippen LogP contribution >= 0.6 is 0 Å². The van der Waals surface area contributed by atoms with Crippen LogP contribution in [-0.4, -0.2) is 53.0 Å². The summed E-state index contributed by atoms with van der Waals surface area (Å²) in [6, 6.07) is 3.64. The van der Waals surface area contributed by atoms with E-state index in [0.717, 1.165) is 25.3 Å². The fourth-order valence-electron chi connectivity index (χ4n) is 2.90. The van der Waals surface area contributed by atoms with E-state index in [-0.39, 0.29) is 12.5 Å². The Bertz CT molecular complexity index is 573. The van der Waals surface area contributed by atoms with Gasteiger partial charge >= 0.3 is 5.97 Å². The zero-order valence-corrected chi connectivity index (χ0v) is 14.1. The summed E-state index contributed by atoms with van der Waals surface area (Å²) in [5.41, 5.74) is -0.334. The highest BCUT2D eigenvalue weighted by atomic mass is 16.4. The molecule has 2 heterocycles. The molecule has 2 rings (SSSR count). The second kappa shape index (κ2) is 6.98. The number of carboxylic acids is 1. The monoisotopic (exact) mass is 319 g/mol. The summed E-state index contributed by atoms with van der Waals surface area (Å²) >= 11 is 0. The number of amides is 1. The smallest absolute Gasteiger partial charge is 0.311 e. The fraction of sp³-hybridized carbons (Fsp3) is 0.588. The molecule has 1 amide bonds. The van der Waals surface area contributed by atoms with Gasteiger partial charge in [-0.15, -0.1) is 0 Å². The minimum Gasteiger partial charge on any atom is -0.481 e. The molecule has 1 fully saturated rings. The molecule has 1 aliphatic heterocycles. The highest BCUT2D eigenvalue weighted by Gasteiger charge is 2.42. The highest BCUT2D eigenvalue weighted by molar-refractivity contribution is 5.95. The van der Waals surface area contributed by atoms with E-state index in [1.165, 1.54) is 0 Å². The number of anilines is 1. The van der Waals surface area contributed by atoms with Gasteiger partial charge in [0.2, 0.25) is 0 Å². The maximum Gasteiger partial charge on any atom is 0.311 e. The van der Waals surface area contributed by atoms with Crippen LogP contribution in [0.15, 0.2) is 18.3 Å². The van der Waals surface area contributed by atoms with Gasteiger partial charge in [0.1, 0.15) is 5.82 Å². The first kappa shape index (κ1) is 17.2. The van der Waals surface area contributed by atoms with Crippen LogP contribution in [0.25, 0.3) is 0 Å². The zero-order chi connectivity index (χ0) is 17.0. The lowest BCUT2D eigenvalue weighted by Crippen LogP contribution is -2.35. The molecule has 0 aromatic carbocycles. The van der Waals surface area contributed by atoms with Crippen LogP contribution in [0.2, 0.25) is 0 Å². The summed E-state index contributed by atoms with van der Waals surface area (Å²) in [5.74, 6) is -0.130. The molecule has 1 aromatic rings. The van der Waals surface area contributed by atoms with Gasteiger partial charge in [-0.1, -0.05) is 6.92 Å². The molecule has 23 heavy (non-hydrogen) atoms. The molecule has 6 nitrogen and oxygen atoms in total. The zero-order valence-electron chi connectivity index (χ0n) is 14.1. The van der Waals surface area contributed by atoms with Gasteiger partial charge in [-0.05, 0) is 38.8 Å². The highest BCUT2D eigenvalue weighted by Crippen LogP contribution is 2.31. The Morgan fingerprint density at radius 2 is 2.13 bits per heavy atom. The van der Waals surface area contributed by atoms with Gasteiger partial charge in [-0.3, -0.25) is 9.59 Å². The number of hydrogen-bond acceptors (Lipinski definition) is 4. The summed E-state index contributed by atoms with van der Waals surface area (Å²) in [5, 5.41) is 9.26. The van der Waals surface area contributed by atoms with Crippen molar-refractivity contribution in [3.8, 4) is 0 Å². The molecule has 0 bridgehead atoms. The SMILES string of the molecule is CCCN(CC)c1ccc(C(=O)N2CCC(C)(C(=O)O)C2)cn1. The predicted molar refractivity (Wildman–Crippen MR) is 88.7 cm³/mol. The van der Waals surface area contributed by atoms with Crippen molar-refractivity contribution in [2.45, 2.75) is 33.6 Å². The third kappa shape index (κ3) is 3.63. The number of carboxylic acid groups (broad SMARTS) is 1. The Hall–Kier alpha value is -2.11. The van der Waals surface area contributed by atoms with Gasteiger partial charge in [-0.25, -0.2) is 4.98 Å². The van der Waals surface area contributed by atoms with Crippen LogP contribution in [-0.2, 0) is 4.79 Å². The molecular weight excluding hydrogens is 294 g/mol. The summed E-state index contributed by atoms with van der Waals surface area (Å²) in [4.78, 5) is 32.0. The van der Waals surface area contributed by atoms with Gasteiger partial charge in [0.15, 0.2) is 0 Å². The average Bonchev–Trinajstić information content (AvgIpc) is 2.96. The summed E-state index contributed by atoms with van der Waals surface area (Å²) in [7, 11) is 0. The molecule has 1 unspecified atom stereocenters. The lowest BCUT2D eigenvalue weighted by Gasteiger charge is -2.22. The molecule has 0 spiro atoms. The number of pyridine rings is 1. The Morgan fingerprint density at radius 3 is 2.61 bits per heavy atom. The van der Waals surface area contributed by atoms with Crippen molar-refractivity contribution in [2.24, 2.45) is 5.41 Å². The molecule has 0 aliphatic carbocycles. The number of aromatic nitrogens is 1. The first-order valence-electron chi connectivity index (χ1n) is 8.15. The third-order valence-electron chi connectivity index (χ3n) is 4.47. The van der Waals surface area contributed by atoms with E-state index in [2.05, 4.69) is 23.7 Å². The van der Waals surface area contributed by atoms with Gasteiger partial charge in [0, 0.05) is 32.4 Å². The van der Waals surface area contributed by atoms with Crippen molar-refractivity contribution in [3.63, 3.8) is 0 Å². The van der Waals surface area contributed by atoms with Crippen LogP contribution in [0.5, 0.6) is 0 Å². The normalized spacial score (nSPS) is 20.6. The molecule has 6 heteroatoms. The Labute approximate surface area is 137 Å². The minimum absolute atomic E-state index is 0.146. The lowest BCUT2D eigenvalue weighted by atomic mass is 9.90. The standard InChI is InChI=1S/C17H25N3O3/c1-4-9-19(5-2)14-7-6-13(11-18-14)15(21)20-10-8-17(3,12-20)16(22)23/h6-7,11H,4-5,8-10,12H2,1-3H3,(H,22,23). The molecule has 0 radical (unpaired) electrons. The van der Waals surface area contributed by atoms with E-state index >= 15 is 0 Å². The topological polar surface area (TPSA) is 73.7 Å². The van der Waals surface area contributed by atoms with E-state index in [0.29, 0.717) is 18.5 Å². The van der Waals surface area contributed by atoms with Crippen LogP contribution in [0, 0.1) is 5.41 Å². The van der Waals surface area contributed by atoms with Crippen LogP contribution in [0.1, 0.15) is 44.0 Å². The average molecular weight is 319 g/mol. The maximum atomic E-state index is 12.5. The molecule has 1 saturated heterocycles. The second-order valence-electron chi connectivity index (χ2n) is 6.33. The molecule has 1 atom stereocenters. The quantitative estimate of drug-likeness (QED) is 0.870. The van der Waals surface area contributed by atoms with Gasteiger partial charge < -0.3 is 14.9 Å². The second-order valence-corrected chi connectivity index (χ2v) is 6.33. The number of carbonyl (C=O) groups is 2. The van der Waals surface area contributed by atoms with E-state index < -0.39 is 11.4 Å². The van der Waals surface area contributed by atoms with Crippen LogP contribution in [0.3, 0.4) is 0 Å². The molecule has 126 valence electrons. The Morgan fingerprint density at radius 1 is 1.39 bits per heavy atom. The number of nitrogens with zero attached hydrogens (tertiary/aromatic N) is 3. The van der Waals surface area contributed by atoms with Gasteiger partial charge in [0.25, 0.3) is 5.91 Å². The van der Waals surface area contributed by atoms with E-state index in [1.807, 2.05) is 6.07 Å². The molecule has 1 aliphatic rings. The molecular formula is C17H25N3O3. The number of rotatable bonds is 6.